The van der Waals surface area contributed by atoms with Gasteiger partial charge in [0.15, 0.2) is 0 Å². The van der Waals surface area contributed by atoms with Crippen LogP contribution in [0.15, 0.2) is 30.3 Å². The molecule has 2 heteroatoms. The predicted molar refractivity (Wildman–Crippen MR) is 65.3 cm³/mol. The number of hydrogen-bond donors (Lipinski definition) is 0. The fourth-order valence-corrected chi connectivity index (χ4v) is 4.65. The second-order valence-electron chi connectivity index (χ2n) is 5.02. The molecule has 1 aromatic carbocycles. The Kier molecular flexibility index (Phi) is 2.64. The number of hydrogen-bond acceptors (Lipinski definition) is 1. The van der Waals surface area contributed by atoms with Crippen LogP contribution in [0.25, 0.3) is 0 Å². The van der Waals surface area contributed by atoms with E-state index in [1.165, 1.54) is 6.16 Å². The number of rotatable bonds is 2. The van der Waals surface area contributed by atoms with Crippen molar-refractivity contribution < 1.29 is 4.74 Å². The fraction of sp³-hybridized carbons (Fsp3) is 0.500. The second kappa shape index (κ2) is 3.64. The summed E-state index contributed by atoms with van der Waals surface area (Å²) >= 11 is 0. The van der Waals surface area contributed by atoms with Crippen LogP contribution in [0, 0.1) is 0 Å². The van der Waals surface area contributed by atoms with Gasteiger partial charge in [0.25, 0.3) is 0 Å². The van der Waals surface area contributed by atoms with E-state index in [0.29, 0.717) is 5.85 Å². The first-order chi connectivity index (χ1) is 6.56. The van der Waals surface area contributed by atoms with Gasteiger partial charge in [-0.3, -0.25) is 0 Å². The fourth-order valence-electron chi connectivity index (χ4n) is 1.81. The molecule has 0 N–H and O–H groups in total. The summed E-state index contributed by atoms with van der Waals surface area (Å²) in [6.07, 6.45) is 1.32. The molecule has 78 valence electrons. The Balaban J connectivity index is 1.94. The van der Waals surface area contributed by atoms with Gasteiger partial charge in [0.05, 0.1) is 0 Å². The Morgan fingerprint density at radius 1 is 1.21 bits per heavy atom. The third kappa shape index (κ3) is 2.56. The van der Waals surface area contributed by atoms with E-state index in [2.05, 4.69) is 51.1 Å². The zero-order chi connectivity index (χ0) is 10.2. The van der Waals surface area contributed by atoms with Crippen LogP contribution in [-0.2, 0) is 4.74 Å². The molecular formula is C12H19OP. The van der Waals surface area contributed by atoms with Crippen molar-refractivity contribution in [1.82, 2.24) is 0 Å². The van der Waals surface area contributed by atoms with Crippen LogP contribution in [0.2, 0.25) is 0 Å². The molecule has 1 heterocycles. The van der Waals surface area contributed by atoms with Gasteiger partial charge in [-0.15, -0.1) is 0 Å². The van der Waals surface area contributed by atoms with E-state index in [1.54, 1.807) is 5.30 Å². The molecule has 0 amide bonds. The first-order valence-electron chi connectivity index (χ1n) is 5.29. The van der Waals surface area contributed by atoms with Crippen molar-refractivity contribution in [1.29, 1.82) is 0 Å². The standard InChI is InChI=1S/C12H19OP/c1-12(2,3)13-11-9-14(11)10-7-5-4-6-8-10/h4-8,11H,9,14H2,1-3H3. The van der Waals surface area contributed by atoms with Crippen LogP contribution in [0.4, 0.5) is 0 Å². The van der Waals surface area contributed by atoms with Crippen molar-refractivity contribution >= 4 is 13.2 Å². The van der Waals surface area contributed by atoms with Crippen molar-refractivity contribution in [3.8, 4) is 0 Å². The van der Waals surface area contributed by atoms with Crippen molar-refractivity contribution in [3.05, 3.63) is 30.3 Å². The molecule has 0 radical (unpaired) electrons. The third-order valence-corrected chi connectivity index (χ3v) is 5.31. The summed E-state index contributed by atoms with van der Waals surface area (Å²) in [6.45, 7) is 6.42. The van der Waals surface area contributed by atoms with Crippen LogP contribution in [0.5, 0.6) is 0 Å². The first kappa shape index (κ1) is 10.1. The summed E-state index contributed by atoms with van der Waals surface area (Å²) in [7, 11) is -0.716. The van der Waals surface area contributed by atoms with Crippen molar-refractivity contribution in [3.63, 3.8) is 0 Å². The van der Waals surface area contributed by atoms with E-state index in [9.17, 15) is 0 Å². The van der Waals surface area contributed by atoms with E-state index in [1.807, 2.05) is 0 Å². The van der Waals surface area contributed by atoms with E-state index in [0.717, 1.165) is 0 Å². The first-order valence-corrected chi connectivity index (χ1v) is 7.35. The summed E-state index contributed by atoms with van der Waals surface area (Å²) in [5, 5.41) is 1.56. The summed E-state index contributed by atoms with van der Waals surface area (Å²) in [6, 6.07) is 10.9. The maximum atomic E-state index is 5.98. The van der Waals surface area contributed by atoms with Crippen LogP contribution in [-0.4, -0.2) is 17.6 Å². The maximum absolute atomic E-state index is 5.98. The predicted octanol–water partition coefficient (Wildman–Crippen LogP) is 2.41. The summed E-state index contributed by atoms with van der Waals surface area (Å²) < 4.78 is 5.98. The molecule has 2 rings (SSSR count). The molecular weight excluding hydrogens is 191 g/mol. The van der Waals surface area contributed by atoms with E-state index in [-0.39, 0.29) is 5.60 Å². The average Bonchev–Trinajstić information content (AvgIpc) is 2.82. The third-order valence-electron chi connectivity index (χ3n) is 2.46. The Morgan fingerprint density at radius 2 is 1.86 bits per heavy atom. The van der Waals surface area contributed by atoms with Gasteiger partial charge in [-0.25, -0.2) is 0 Å². The van der Waals surface area contributed by atoms with Gasteiger partial charge < -0.3 is 0 Å². The molecule has 0 aliphatic carbocycles. The topological polar surface area (TPSA) is 9.23 Å². The van der Waals surface area contributed by atoms with Gasteiger partial charge >= 0.3 is 86.7 Å². The van der Waals surface area contributed by atoms with Crippen molar-refractivity contribution in [2.75, 3.05) is 6.16 Å². The van der Waals surface area contributed by atoms with Crippen LogP contribution in [0.3, 0.4) is 0 Å². The van der Waals surface area contributed by atoms with Crippen molar-refractivity contribution in [2.45, 2.75) is 32.2 Å². The molecule has 0 aromatic heterocycles. The van der Waals surface area contributed by atoms with Gasteiger partial charge in [-0.05, 0) is 0 Å². The molecule has 0 spiro atoms. The quantitative estimate of drug-likeness (QED) is 0.681. The Hall–Kier alpha value is -0.390. The SMILES string of the molecule is CC(C)(C)OC1C[PH2]1c1ccccc1. The Bertz CT molecular complexity index is 302. The normalized spacial score (nSPS) is 23.6. The monoisotopic (exact) mass is 210 g/mol. The minimum atomic E-state index is -0.716. The van der Waals surface area contributed by atoms with Crippen LogP contribution >= 0.6 is 7.92 Å². The zero-order valence-electron chi connectivity index (χ0n) is 9.16. The van der Waals surface area contributed by atoms with Gasteiger partial charge in [-0.1, -0.05) is 0 Å². The van der Waals surface area contributed by atoms with E-state index < -0.39 is 7.92 Å². The molecule has 1 aliphatic rings. The molecule has 0 bridgehead atoms. The second-order valence-corrected chi connectivity index (χ2v) is 8.12. The molecule has 1 saturated heterocycles. The summed E-state index contributed by atoms with van der Waals surface area (Å²) in [5.74, 6) is 0.581. The minimum absolute atomic E-state index is 0.0290. The van der Waals surface area contributed by atoms with Gasteiger partial charge in [0.1, 0.15) is 0 Å². The molecule has 1 nitrogen and oxygen atoms in total. The van der Waals surface area contributed by atoms with Crippen molar-refractivity contribution in [2.24, 2.45) is 0 Å². The average molecular weight is 210 g/mol. The molecule has 14 heavy (non-hydrogen) atoms. The summed E-state index contributed by atoms with van der Waals surface area (Å²) in [4.78, 5) is 0. The van der Waals surface area contributed by atoms with Gasteiger partial charge in [-0.2, -0.15) is 0 Å². The number of benzene rings is 1. The van der Waals surface area contributed by atoms with E-state index in [4.69, 9.17) is 4.74 Å². The Morgan fingerprint density at radius 3 is 2.43 bits per heavy atom. The number of ether oxygens (including phenoxy) is 1. The van der Waals surface area contributed by atoms with Crippen LogP contribution < -0.4 is 5.30 Å². The van der Waals surface area contributed by atoms with Crippen LogP contribution in [0.1, 0.15) is 20.8 Å². The van der Waals surface area contributed by atoms with E-state index >= 15 is 0 Å². The molecule has 1 aliphatic heterocycles. The molecule has 1 fully saturated rings. The summed E-state index contributed by atoms with van der Waals surface area (Å²) in [5.41, 5.74) is 0.0290. The molecule has 1 aromatic rings. The Labute approximate surface area is 87.2 Å². The van der Waals surface area contributed by atoms with Gasteiger partial charge in [0.2, 0.25) is 0 Å². The molecule has 1 atom stereocenters. The zero-order valence-corrected chi connectivity index (χ0v) is 10.3. The molecule has 0 saturated carbocycles. The molecule has 1 unspecified atom stereocenters. The van der Waals surface area contributed by atoms with Gasteiger partial charge in [0, 0.05) is 0 Å².